The first-order chi connectivity index (χ1) is 8.87. The minimum Gasteiger partial charge on any atom is -0.598 e. The quantitative estimate of drug-likeness (QED) is 0.582. The molecule has 4 atom stereocenters. The maximum atomic E-state index is 12.3. The highest BCUT2D eigenvalue weighted by atomic mass is 32.2. The predicted octanol–water partition coefficient (Wildman–Crippen LogP) is 0.809. The number of hydrogen-bond acceptors (Lipinski definition) is 4. The molecule has 5 heteroatoms. The average Bonchev–Trinajstić information content (AvgIpc) is 2.75. The molecule has 0 aromatic carbocycles. The van der Waals surface area contributed by atoms with Crippen molar-refractivity contribution in [2.75, 3.05) is 19.7 Å². The van der Waals surface area contributed by atoms with Crippen LogP contribution >= 0.6 is 0 Å². The van der Waals surface area contributed by atoms with Gasteiger partial charge in [-0.25, -0.2) is 0 Å². The van der Waals surface area contributed by atoms with Crippen LogP contribution in [0.5, 0.6) is 0 Å². The van der Waals surface area contributed by atoms with Crippen molar-refractivity contribution in [3.05, 3.63) is 0 Å². The van der Waals surface area contributed by atoms with Crippen molar-refractivity contribution in [3.63, 3.8) is 0 Å². The molecule has 2 heterocycles. The van der Waals surface area contributed by atoms with Gasteiger partial charge < -0.3 is 14.6 Å². The number of ether oxygens (including phenoxy) is 1. The van der Waals surface area contributed by atoms with Gasteiger partial charge in [-0.2, -0.15) is 0 Å². The summed E-state index contributed by atoms with van der Waals surface area (Å²) in [5.74, 6) is 2.69. The van der Waals surface area contributed by atoms with E-state index in [1.165, 1.54) is 0 Å². The summed E-state index contributed by atoms with van der Waals surface area (Å²) in [7, 11) is 0. The van der Waals surface area contributed by atoms with Gasteiger partial charge in [0.15, 0.2) is 0 Å². The molecule has 0 saturated carbocycles. The molecule has 0 amide bonds. The molecule has 3 unspecified atom stereocenters. The molecule has 1 spiro atoms. The van der Waals surface area contributed by atoms with E-state index in [0.717, 1.165) is 25.9 Å². The van der Waals surface area contributed by atoms with Gasteiger partial charge in [-0.3, -0.25) is 0 Å². The third-order valence-electron chi connectivity index (χ3n) is 4.04. The van der Waals surface area contributed by atoms with Crippen LogP contribution in [0.3, 0.4) is 0 Å². The van der Waals surface area contributed by atoms with E-state index in [-0.39, 0.29) is 22.3 Å². The molecule has 2 N–H and O–H groups in total. The van der Waals surface area contributed by atoms with E-state index in [4.69, 9.17) is 11.2 Å². The van der Waals surface area contributed by atoms with E-state index in [2.05, 4.69) is 16.0 Å². The molecule has 2 rings (SSSR count). The van der Waals surface area contributed by atoms with E-state index in [1.54, 1.807) is 0 Å². The highest BCUT2D eigenvalue weighted by molar-refractivity contribution is 7.90. The van der Waals surface area contributed by atoms with Gasteiger partial charge in [0.1, 0.15) is 10.9 Å². The van der Waals surface area contributed by atoms with Crippen molar-refractivity contribution in [1.29, 1.82) is 0 Å². The van der Waals surface area contributed by atoms with Crippen molar-refractivity contribution in [3.8, 4) is 12.3 Å². The van der Waals surface area contributed by atoms with Gasteiger partial charge in [0, 0.05) is 23.3 Å². The molecular weight excluding hydrogens is 260 g/mol. The topological polar surface area (TPSA) is 56.3 Å². The molecule has 2 fully saturated rings. The lowest BCUT2D eigenvalue weighted by atomic mass is 9.74. The van der Waals surface area contributed by atoms with Gasteiger partial charge in [0.2, 0.25) is 0 Å². The fraction of sp³-hybridized carbons (Fsp3) is 0.857. The molecule has 2 saturated heterocycles. The zero-order valence-corrected chi connectivity index (χ0v) is 12.8. The van der Waals surface area contributed by atoms with Crippen LogP contribution in [-0.2, 0) is 16.1 Å². The van der Waals surface area contributed by atoms with Crippen molar-refractivity contribution in [2.45, 2.75) is 50.5 Å². The summed E-state index contributed by atoms with van der Waals surface area (Å²) < 4.78 is 21.0. The summed E-state index contributed by atoms with van der Waals surface area (Å²) >= 11 is -1.07. The Bertz CT molecular complexity index is 363. The molecule has 19 heavy (non-hydrogen) atoms. The van der Waals surface area contributed by atoms with Gasteiger partial charge in [0.25, 0.3) is 0 Å². The Balaban J connectivity index is 2.07. The molecule has 2 aliphatic rings. The zero-order valence-electron chi connectivity index (χ0n) is 12.0. The lowest BCUT2D eigenvalue weighted by Crippen LogP contribution is -2.59. The number of piperidine rings is 1. The van der Waals surface area contributed by atoms with Crippen LogP contribution < -0.4 is 10.0 Å². The summed E-state index contributed by atoms with van der Waals surface area (Å²) in [6, 6.07) is 0.152. The lowest BCUT2D eigenvalue weighted by molar-refractivity contribution is 0.0935. The molecule has 108 valence electrons. The minimum atomic E-state index is -1.07. The number of terminal acetylenes is 1. The van der Waals surface area contributed by atoms with Gasteiger partial charge in [-0.1, -0.05) is 5.92 Å². The second-order valence-electron chi connectivity index (χ2n) is 6.54. The van der Waals surface area contributed by atoms with Crippen LogP contribution in [0.2, 0.25) is 0 Å². The molecule has 0 aromatic rings. The summed E-state index contributed by atoms with van der Waals surface area (Å²) in [5, 5.41) is 3.37. The summed E-state index contributed by atoms with van der Waals surface area (Å²) in [6.45, 7) is 8.41. The number of nitrogens with one attached hydrogen (secondary N) is 2. The van der Waals surface area contributed by atoms with E-state index in [9.17, 15) is 4.55 Å². The van der Waals surface area contributed by atoms with Crippen LogP contribution in [-0.4, -0.2) is 41.1 Å². The summed E-state index contributed by atoms with van der Waals surface area (Å²) in [6.07, 6.45) is 7.26. The SMILES string of the molecule is C#C[C@H]1CC2(CCNCC2N[S+]([O-])C(C)(C)C)CO1. The number of hydrogen-bond donors (Lipinski definition) is 2. The third-order valence-corrected chi connectivity index (χ3v) is 5.65. The van der Waals surface area contributed by atoms with Gasteiger partial charge in [0.05, 0.1) is 12.6 Å². The predicted molar refractivity (Wildman–Crippen MR) is 77.9 cm³/mol. The summed E-state index contributed by atoms with van der Waals surface area (Å²) in [4.78, 5) is 0. The molecule has 4 nitrogen and oxygen atoms in total. The standard InChI is InChI=1S/C14H24N2O2S/c1-5-11-8-14(10-18-11)6-7-15-9-12(14)16-19(17)13(2,3)4/h1,11-12,15-16H,6-10H2,2-4H3/t11-,12?,14?,19?/m0/s1. The smallest absolute Gasteiger partial charge is 0.136 e. The Kier molecular flexibility index (Phi) is 4.49. The maximum absolute atomic E-state index is 12.3. The molecule has 0 bridgehead atoms. The fourth-order valence-electron chi connectivity index (χ4n) is 2.72. The van der Waals surface area contributed by atoms with Crippen LogP contribution in [0, 0.1) is 17.8 Å². The van der Waals surface area contributed by atoms with Gasteiger partial charge in [-0.15, -0.1) is 11.1 Å². The second-order valence-corrected chi connectivity index (χ2v) is 8.54. The monoisotopic (exact) mass is 284 g/mol. The lowest BCUT2D eigenvalue weighted by Gasteiger charge is -2.41. The Morgan fingerprint density at radius 1 is 1.53 bits per heavy atom. The molecule has 0 aliphatic carbocycles. The third kappa shape index (κ3) is 3.26. The maximum Gasteiger partial charge on any atom is 0.136 e. The first kappa shape index (κ1) is 15.1. The fourth-order valence-corrected chi connectivity index (χ4v) is 3.67. The van der Waals surface area contributed by atoms with Crippen LogP contribution in [0.1, 0.15) is 33.6 Å². The Hall–Kier alpha value is -0.250. The van der Waals surface area contributed by atoms with E-state index in [0.29, 0.717) is 6.61 Å². The first-order valence-electron chi connectivity index (χ1n) is 6.84. The van der Waals surface area contributed by atoms with Crippen molar-refractivity contribution in [2.24, 2.45) is 5.41 Å². The van der Waals surface area contributed by atoms with Crippen LogP contribution in [0.15, 0.2) is 0 Å². The largest absolute Gasteiger partial charge is 0.598 e. The normalized spacial score (nSPS) is 37.2. The second kappa shape index (κ2) is 5.63. The van der Waals surface area contributed by atoms with Gasteiger partial charge in [-0.05, 0) is 40.2 Å². The molecule has 0 radical (unpaired) electrons. The van der Waals surface area contributed by atoms with E-state index < -0.39 is 11.4 Å². The van der Waals surface area contributed by atoms with Gasteiger partial charge >= 0.3 is 0 Å². The van der Waals surface area contributed by atoms with Crippen LogP contribution in [0.4, 0.5) is 0 Å². The van der Waals surface area contributed by atoms with Crippen molar-refractivity contribution in [1.82, 2.24) is 10.0 Å². The van der Waals surface area contributed by atoms with E-state index >= 15 is 0 Å². The van der Waals surface area contributed by atoms with Crippen molar-refractivity contribution < 1.29 is 9.29 Å². The highest BCUT2D eigenvalue weighted by Gasteiger charge is 2.49. The first-order valence-corrected chi connectivity index (χ1v) is 7.99. The molecular formula is C14H24N2O2S. The highest BCUT2D eigenvalue weighted by Crippen LogP contribution is 2.41. The molecule has 2 aliphatic heterocycles. The zero-order chi connectivity index (χ0) is 14.1. The van der Waals surface area contributed by atoms with E-state index in [1.807, 2.05) is 20.8 Å². The number of rotatable bonds is 2. The van der Waals surface area contributed by atoms with Crippen molar-refractivity contribution >= 4 is 11.4 Å². The Morgan fingerprint density at radius 2 is 2.26 bits per heavy atom. The molecule has 0 aromatic heterocycles. The Labute approximate surface area is 119 Å². The van der Waals surface area contributed by atoms with Crippen LogP contribution in [0.25, 0.3) is 0 Å². The summed E-state index contributed by atoms with van der Waals surface area (Å²) in [5.41, 5.74) is 0.0309. The minimum absolute atomic E-state index is 0.0309. The Morgan fingerprint density at radius 3 is 2.84 bits per heavy atom. The average molecular weight is 284 g/mol.